The smallest absolute Gasteiger partial charge is 0.325 e. The van der Waals surface area contributed by atoms with E-state index in [1.807, 2.05) is 42.5 Å². The molecular formula is C85H95Cl2N5O18. The number of benzene rings is 5. The van der Waals surface area contributed by atoms with Gasteiger partial charge >= 0.3 is 23.9 Å². The summed E-state index contributed by atoms with van der Waals surface area (Å²) in [7, 11) is 0. The number of para-hydroxylation sites is 2. The maximum atomic E-state index is 13.3. The van der Waals surface area contributed by atoms with E-state index in [9.17, 15) is 53.7 Å². The van der Waals surface area contributed by atoms with E-state index in [1.165, 1.54) is 38.5 Å². The zero-order valence-electron chi connectivity index (χ0n) is 62.1. The van der Waals surface area contributed by atoms with Crippen molar-refractivity contribution in [1.29, 1.82) is 0 Å². The number of halogens is 2. The summed E-state index contributed by atoms with van der Waals surface area (Å²) in [4.78, 5) is 106. The van der Waals surface area contributed by atoms with Gasteiger partial charge in [0.05, 0.1) is 61.7 Å². The predicted molar refractivity (Wildman–Crippen MR) is 403 cm³/mol. The predicted octanol–water partition coefficient (Wildman–Crippen LogP) is 9.67. The van der Waals surface area contributed by atoms with Gasteiger partial charge in [-0.25, -0.2) is 0 Å². The molecule has 582 valence electrons. The van der Waals surface area contributed by atoms with Crippen LogP contribution in [0.15, 0.2) is 78.9 Å². The average molecular weight is 1550 g/mol. The molecule has 5 aromatic carbocycles. The number of hydrogen-bond acceptors (Lipinski definition) is 22. The van der Waals surface area contributed by atoms with Gasteiger partial charge in [-0.3, -0.25) is 53.1 Å². The van der Waals surface area contributed by atoms with Crippen LogP contribution in [0.25, 0.3) is 0 Å². The summed E-state index contributed by atoms with van der Waals surface area (Å²) < 4.78 is 35.7. The van der Waals surface area contributed by atoms with Crippen LogP contribution in [0, 0.1) is 17.8 Å². The number of nitrogens with one attached hydrogen (secondary N) is 1. The van der Waals surface area contributed by atoms with Crippen LogP contribution in [-0.4, -0.2) is 181 Å². The van der Waals surface area contributed by atoms with E-state index in [-0.39, 0.29) is 98.0 Å². The van der Waals surface area contributed by atoms with Crippen molar-refractivity contribution in [3.63, 3.8) is 0 Å². The standard InChI is InChI=1S/C37H36Cl2N2O6.C23H27NO5.C22H26N2O5.C3H6O2/c38-25-5-3-6-26(39)33(25)40-27-7-2-1-4-22(27)18-24(42)11-13-31(44)46-29-12-10-23-19-30-37(45)15-14-28(43)35-36(37,32(23)34(29)47-35)16-17-41(30)20-21-8-9-21;1-2-18(26)28-16-6-5-14-11-17-23(27)8-7-15(25)21-22(23,19(14)20(16)29-21)9-10-24(17)12-13-3-4-13;23-10-17(26)28-15-4-3-13-9-16-22(27)6-5-14(25)20-21(22,18(13)19(15)29-20)7-8-24(16)11-12-1-2-12;1-2-3(4)5/h1-7,10,12,21,30,35,40,45H,8-9,11,13-20H2;5-6,13,17,21,27H,2-4,7-12H2,1H3;3-4,12,16,20,27H,1-2,5-11,23H2;2H2,1H3,(H,4,5)/t30-,35?,36+,37-;17-,21?,22+,23-;16-,20?,21+,22-;/m111./s1. The van der Waals surface area contributed by atoms with Crippen LogP contribution in [0.5, 0.6) is 34.5 Å². The molecule has 0 aromatic heterocycles. The third-order valence-electron chi connectivity index (χ3n) is 27.3. The Morgan fingerprint density at radius 1 is 0.509 bits per heavy atom. The summed E-state index contributed by atoms with van der Waals surface area (Å²) in [5.74, 6) is 2.24. The number of esters is 3. The minimum atomic E-state index is -1.09. The van der Waals surface area contributed by atoms with Crippen LogP contribution in [-0.2, 0) is 80.3 Å². The quantitative estimate of drug-likeness (QED) is 0.0331. The van der Waals surface area contributed by atoms with Crippen molar-refractivity contribution in [2.24, 2.45) is 23.5 Å². The largest absolute Gasteiger partial charge is 0.481 e. The van der Waals surface area contributed by atoms with E-state index in [2.05, 4.69) is 20.0 Å². The van der Waals surface area contributed by atoms with E-state index < -0.39 is 69.3 Å². The molecule has 20 rings (SSSR count). The first-order valence-corrected chi connectivity index (χ1v) is 40.5. The number of carbonyl (C=O) groups excluding carboxylic acids is 7. The van der Waals surface area contributed by atoms with Crippen LogP contribution in [0.2, 0.25) is 10.0 Å². The number of nitrogens with zero attached hydrogens (tertiary/aromatic N) is 3. The van der Waals surface area contributed by atoms with Crippen LogP contribution < -0.4 is 39.5 Å². The molecule has 9 aliphatic carbocycles. The Labute approximate surface area is 648 Å². The van der Waals surface area contributed by atoms with Gasteiger partial charge in [-0.15, -0.1) is 0 Å². The monoisotopic (exact) mass is 1540 g/mol. The second kappa shape index (κ2) is 28.4. The Bertz CT molecular complexity index is 4490. The minimum absolute atomic E-state index is 0.00746. The molecule has 6 aliphatic heterocycles. The molecule has 12 atom stereocenters. The van der Waals surface area contributed by atoms with Gasteiger partial charge in [-0.1, -0.05) is 79.5 Å². The number of hydrogen-bond donors (Lipinski definition) is 6. The number of carboxylic acid groups (broad SMARTS) is 1. The number of nitrogens with two attached hydrogens (primary N) is 1. The average Bonchev–Trinajstić information content (AvgIpc) is 1.44. The Hall–Kier alpha value is -7.84. The van der Waals surface area contributed by atoms with Crippen molar-refractivity contribution in [1.82, 2.24) is 14.7 Å². The normalized spacial score (nSPS) is 31.5. The number of aliphatic carboxylic acids is 1. The van der Waals surface area contributed by atoms with E-state index in [0.717, 1.165) is 103 Å². The molecule has 3 unspecified atom stereocenters. The molecule has 15 aliphatic rings. The summed E-state index contributed by atoms with van der Waals surface area (Å²) in [6.07, 6.45) is 12.3. The lowest BCUT2D eigenvalue weighted by molar-refractivity contribution is -0.188. The molecule has 6 saturated carbocycles. The summed E-state index contributed by atoms with van der Waals surface area (Å²) in [6.45, 7) is 8.68. The zero-order valence-corrected chi connectivity index (χ0v) is 63.6. The summed E-state index contributed by atoms with van der Waals surface area (Å²) >= 11 is 12.7. The Morgan fingerprint density at radius 2 is 0.891 bits per heavy atom. The van der Waals surface area contributed by atoms with Gasteiger partial charge in [0.2, 0.25) is 0 Å². The van der Waals surface area contributed by atoms with Crippen molar-refractivity contribution >= 4 is 81.6 Å². The van der Waals surface area contributed by atoms with Crippen LogP contribution in [0.3, 0.4) is 0 Å². The molecule has 6 bridgehead atoms. The number of Topliss-reactive ketones (excluding diaryl/α,β-unsaturated/α-hetero) is 4. The van der Waals surface area contributed by atoms with Crippen molar-refractivity contribution in [3.05, 3.63) is 128 Å². The van der Waals surface area contributed by atoms with E-state index in [4.69, 9.17) is 62.5 Å². The lowest BCUT2D eigenvalue weighted by atomic mass is 9.49. The molecule has 0 amide bonds. The fraction of sp³-hybridized carbons (Fsp3) is 0.553. The lowest BCUT2D eigenvalue weighted by Gasteiger charge is -2.62. The number of carboxylic acids is 1. The number of ether oxygens (including phenoxy) is 6. The molecule has 25 heteroatoms. The highest BCUT2D eigenvalue weighted by molar-refractivity contribution is 6.39. The van der Waals surface area contributed by atoms with Gasteiger partial charge in [-0.2, -0.15) is 0 Å². The van der Waals surface area contributed by atoms with Gasteiger partial charge in [-0.05, 0) is 192 Å². The number of piperidine rings is 3. The van der Waals surface area contributed by atoms with E-state index >= 15 is 0 Å². The third kappa shape index (κ3) is 12.1. The number of rotatable bonds is 19. The SMILES string of the molecule is CCC(=O)O.CCC(=O)Oc1ccc2c3c1OC1C(=O)CC[C@@]4(O)[C@@H](C2)N(CC2CC2)CC[C@]314.NCC(=O)Oc1ccc2c3c1OC1C(=O)CC[C@@]4(O)[C@@H](C2)N(CC2CC2)CC[C@]314.O=C(CCC(=O)Oc1ccc2c3c1OC1C(=O)CC[C@@]4(O)[C@@H](C2)N(CC2CC2)CC[C@]314)Cc1ccccc1Nc1c(Cl)cccc1Cl. The number of carbonyl (C=O) groups is 8. The number of likely N-dealkylation sites (tertiary alicyclic amines) is 3. The van der Waals surface area contributed by atoms with Crippen LogP contribution in [0.1, 0.15) is 175 Å². The fourth-order valence-corrected chi connectivity index (χ4v) is 22.1. The Balaban J connectivity index is 0.000000121. The highest BCUT2D eigenvalue weighted by Crippen LogP contribution is 2.69. The van der Waals surface area contributed by atoms with Crippen molar-refractivity contribution in [2.45, 2.75) is 231 Å². The second-order valence-corrected chi connectivity index (χ2v) is 34.2. The maximum Gasteiger partial charge on any atom is 0.325 e. The molecule has 6 heterocycles. The van der Waals surface area contributed by atoms with Gasteiger partial charge in [0.1, 0.15) is 5.78 Å². The molecule has 9 fully saturated rings. The van der Waals surface area contributed by atoms with Crippen molar-refractivity contribution in [3.8, 4) is 34.5 Å². The highest BCUT2D eigenvalue weighted by atomic mass is 35.5. The van der Waals surface area contributed by atoms with Gasteiger partial charge in [0.25, 0.3) is 0 Å². The molecule has 7 N–H and O–H groups in total. The molecule has 23 nitrogen and oxygen atoms in total. The molecule has 0 radical (unpaired) electrons. The molecular weight excluding hydrogens is 1450 g/mol. The topological polar surface area (TPSA) is 321 Å². The molecule has 110 heavy (non-hydrogen) atoms. The fourth-order valence-electron chi connectivity index (χ4n) is 21.6. The van der Waals surface area contributed by atoms with Crippen LogP contribution >= 0.6 is 23.2 Å². The van der Waals surface area contributed by atoms with Gasteiger partial charge in [0, 0.05) is 105 Å². The molecule has 3 saturated heterocycles. The van der Waals surface area contributed by atoms with Crippen LogP contribution in [0.4, 0.5) is 11.4 Å². The highest BCUT2D eigenvalue weighted by Gasteiger charge is 2.77. The first-order valence-electron chi connectivity index (χ1n) is 39.7. The van der Waals surface area contributed by atoms with Gasteiger partial charge in [0.15, 0.2) is 70.2 Å². The zero-order chi connectivity index (χ0) is 76.7. The molecule has 3 spiro atoms. The van der Waals surface area contributed by atoms with Crippen molar-refractivity contribution in [2.75, 3.05) is 51.1 Å². The number of ketones is 4. The molecule has 5 aromatic rings. The summed E-state index contributed by atoms with van der Waals surface area (Å²) in [5.41, 5.74) is 7.96. The number of aliphatic hydroxyl groups is 3. The van der Waals surface area contributed by atoms with E-state index in [0.29, 0.717) is 114 Å². The lowest BCUT2D eigenvalue weighted by Crippen LogP contribution is -2.76. The third-order valence-corrected chi connectivity index (χ3v) is 27.9. The van der Waals surface area contributed by atoms with Gasteiger partial charge < -0.3 is 59.9 Å². The van der Waals surface area contributed by atoms with Crippen molar-refractivity contribution < 1.29 is 87.2 Å². The first kappa shape index (κ1) is 74.9. The summed E-state index contributed by atoms with van der Waals surface area (Å²) in [5, 5.41) is 48.7. The second-order valence-electron chi connectivity index (χ2n) is 33.4. The summed E-state index contributed by atoms with van der Waals surface area (Å²) in [6, 6.07) is 23.8. The Morgan fingerprint density at radius 3 is 1.26 bits per heavy atom. The van der Waals surface area contributed by atoms with E-state index in [1.54, 1.807) is 50.2 Å². The minimum Gasteiger partial charge on any atom is -0.481 e. The Kier molecular flexibility index (Phi) is 19.3. The number of anilines is 2. The maximum absolute atomic E-state index is 13.3. The first-order chi connectivity index (χ1) is 52.9.